The van der Waals surface area contributed by atoms with Gasteiger partial charge in [0.1, 0.15) is 0 Å². The van der Waals surface area contributed by atoms with Crippen LogP contribution in [0.1, 0.15) is 0 Å². The van der Waals surface area contributed by atoms with Gasteiger partial charge in [0.05, 0.1) is 0 Å². The van der Waals surface area contributed by atoms with Gasteiger partial charge in [0.15, 0.2) is 0 Å². The molecule has 0 aromatic rings. The molecule has 0 bridgehead atoms. The van der Waals surface area contributed by atoms with E-state index >= 15 is 0 Å². The van der Waals surface area contributed by atoms with Gasteiger partial charge in [-0.15, -0.1) is 0 Å². The summed E-state index contributed by atoms with van der Waals surface area (Å²) in [5, 5.41) is 0. The third kappa shape index (κ3) is 8.94. The SMILES string of the molecule is [Ce].[O]=[Y].[Zr]. The second kappa shape index (κ2) is 16.4. The molecule has 0 aliphatic rings. The summed E-state index contributed by atoms with van der Waals surface area (Å²) < 4.78 is 8.38. The van der Waals surface area contributed by atoms with Crippen molar-refractivity contribution in [3.05, 3.63) is 0 Å². The van der Waals surface area contributed by atoms with Crippen LogP contribution in [0, 0.1) is 41.7 Å². The summed E-state index contributed by atoms with van der Waals surface area (Å²) in [5.74, 6) is 0. The van der Waals surface area contributed by atoms with Crippen molar-refractivity contribution in [1.82, 2.24) is 0 Å². The molecule has 0 aliphatic carbocycles. The molecule has 0 rings (SSSR count). The first-order valence-corrected chi connectivity index (χ1v) is 1.39. The summed E-state index contributed by atoms with van der Waals surface area (Å²) in [6.45, 7) is 0. The van der Waals surface area contributed by atoms with E-state index < -0.39 is 0 Å². The van der Waals surface area contributed by atoms with Crippen molar-refractivity contribution < 1.29 is 101 Å². The molecule has 4 heavy (non-hydrogen) atoms. The molecule has 0 amide bonds. The van der Waals surface area contributed by atoms with E-state index in [0.717, 1.165) is 0 Å². The van der Waals surface area contributed by atoms with Crippen LogP contribution in [0.25, 0.3) is 0 Å². The summed E-state index contributed by atoms with van der Waals surface area (Å²) in [5.41, 5.74) is 0. The summed E-state index contributed by atoms with van der Waals surface area (Å²) in [4.78, 5) is 0. The molecule has 1 nitrogen and oxygen atoms in total. The molecule has 17 valence electrons. The van der Waals surface area contributed by atoms with Crippen LogP contribution >= 0.6 is 0 Å². The van der Waals surface area contributed by atoms with Gasteiger partial charge in [-0.3, -0.25) is 0 Å². The summed E-state index contributed by atoms with van der Waals surface area (Å²) in [6, 6.07) is 0. The van der Waals surface area contributed by atoms with E-state index in [-0.39, 0.29) is 99.0 Å². The van der Waals surface area contributed by atoms with Gasteiger partial charge in [-0.1, -0.05) is 0 Å². The monoisotopic (exact) mass is 335 g/mol. The summed E-state index contributed by atoms with van der Waals surface area (Å²) in [6.07, 6.45) is 0. The average molecular weight is 336 g/mol. The molecule has 0 fully saturated rings. The molecule has 0 saturated carbocycles. The number of hydrogen-bond acceptors (Lipinski definition) is 1. The van der Waals surface area contributed by atoms with Crippen molar-refractivity contribution in [3.8, 4) is 0 Å². The maximum absolute atomic E-state index is 8.38. The molecule has 0 unspecified atom stereocenters. The van der Waals surface area contributed by atoms with Gasteiger partial charge in [0, 0.05) is 68.0 Å². The van der Waals surface area contributed by atoms with Crippen LogP contribution in [-0.2, 0) is 59.3 Å². The Morgan fingerprint density at radius 3 is 1.25 bits per heavy atom. The van der Waals surface area contributed by atoms with Crippen LogP contribution in [0.2, 0.25) is 0 Å². The first kappa shape index (κ1) is 15.7. The van der Waals surface area contributed by atoms with Gasteiger partial charge in [-0.2, -0.15) is 0 Å². The molecule has 0 N–H and O–H groups in total. The number of hydrogen-bond donors (Lipinski definition) is 0. The van der Waals surface area contributed by atoms with Crippen molar-refractivity contribution in [2.75, 3.05) is 0 Å². The molecule has 0 spiro atoms. The van der Waals surface area contributed by atoms with Gasteiger partial charge in [0.2, 0.25) is 0 Å². The Morgan fingerprint density at radius 2 is 1.25 bits per heavy atom. The summed E-state index contributed by atoms with van der Waals surface area (Å²) in [7, 11) is 0. The fourth-order valence-corrected chi connectivity index (χ4v) is 0. The van der Waals surface area contributed by atoms with Crippen molar-refractivity contribution in [3.63, 3.8) is 0 Å². The minimum atomic E-state index is 0. The Morgan fingerprint density at radius 1 is 1.25 bits per heavy atom. The largest absolute Gasteiger partial charge is 0 e. The fourth-order valence-electron chi connectivity index (χ4n) is 0. The fraction of sp³-hybridized carbons (Fsp3) is 0. The Balaban J connectivity index is -0.00000000500. The van der Waals surface area contributed by atoms with Crippen molar-refractivity contribution in [2.24, 2.45) is 0 Å². The van der Waals surface area contributed by atoms with E-state index in [1.807, 2.05) is 0 Å². The molecule has 4 heteroatoms. The van der Waals surface area contributed by atoms with Crippen LogP contribution in [-0.4, -0.2) is 0 Å². The maximum atomic E-state index is 8.38. The summed E-state index contributed by atoms with van der Waals surface area (Å²) >= 11 is 0.100. The third-order valence-corrected chi connectivity index (χ3v) is 0. The van der Waals surface area contributed by atoms with Crippen molar-refractivity contribution >= 4 is 0 Å². The maximum Gasteiger partial charge on any atom is 0 e. The Kier molecular flexibility index (Phi) is 64.4. The zero-order valence-corrected chi connectivity index (χ0v) is 10.4. The van der Waals surface area contributed by atoms with Crippen LogP contribution in [0.15, 0.2) is 0 Å². The minimum Gasteiger partial charge on any atom is 0 e. The second-order valence-corrected chi connectivity index (χ2v) is 0. The minimum absolute atomic E-state index is 0. The Bertz CT molecular complexity index is 8.00. The topological polar surface area (TPSA) is 17.1 Å². The number of rotatable bonds is 0. The molecular formula is CeOYZr. The van der Waals surface area contributed by atoms with Crippen LogP contribution in [0.4, 0.5) is 0 Å². The van der Waals surface area contributed by atoms with Crippen molar-refractivity contribution in [2.45, 2.75) is 0 Å². The predicted molar refractivity (Wildman–Crippen MR) is 0.686 cm³/mol. The molecule has 0 heterocycles. The van der Waals surface area contributed by atoms with Crippen LogP contribution in [0.5, 0.6) is 0 Å². The average Bonchev–Trinajstić information content (AvgIpc) is 1.00. The van der Waals surface area contributed by atoms with Crippen LogP contribution < -0.4 is 0 Å². The van der Waals surface area contributed by atoms with E-state index in [0.29, 0.717) is 0 Å². The molecule has 0 atom stereocenters. The quantitative estimate of drug-likeness (QED) is 0.603. The van der Waals surface area contributed by atoms with E-state index in [4.69, 9.17) is 2.04 Å². The van der Waals surface area contributed by atoms with Gasteiger partial charge in [0.25, 0.3) is 0 Å². The van der Waals surface area contributed by atoms with E-state index in [1.54, 1.807) is 0 Å². The normalized spacial score (nSPS) is 1.50. The smallest absolute Gasteiger partial charge is 0 e. The molecule has 0 radical (unpaired) electrons. The third-order valence-electron chi connectivity index (χ3n) is 0. The van der Waals surface area contributed by atoms with E-state index in [2.05, 4.69) is 0 Å². The zero-order chi connectivity index (χ0) is 2.00. The van der Waals surface area contributed by atoms with Gasteiger partial charge in [-0.05, 0) is 0 Å². The van der Waals surface area contributed by atoms with E-state index in [1.165, 1.54) is 0 Å². The molecule has 0 aromatic heterocycles. The standard InChI is InChI=1S/Ce.O.Y.Zr. The van der Waals surface area contributed by atoms with Gasteiger partial charge < -0.3 is 0 Å². The van der Waals surface area contributed by atoms with Gasteiger partial charge in [-0.25, -0.2) is 0 Å². The van der Waals surface area contributed by atoms with Crippen molar-refractivity contribution in [1.29, 1.82) is 0 Å². The van der Waals surface area contributed by atoms with Crippen LogP contribution in [0.3, 0.4) is 0 Å². The molecular weight excluding hydrogens is 336 g/mol. The first-order valence-electron chi connectivity index (χ1n) is 0.236. The molecule has 0 aliphatic heterocycles. The van der Waals surface area contributed by atoms with Gasteiger partial charge >= 0.3 is 33.1 Å². The Hall–Kier alpha value is 3.16. The van der Waals surface area contributed by atoms with E-state index in [9.17, 15) is 0 Å². The Labute approximate surface area is 98.2 Å². The second-order valence-electron chi connectivity index (χ2n) is 0. The molecule has 0 aromatic carbocycles. The molecule has 0 saturated heterocycles. The first-order chi connectivity index (χ1) is 1.00. The predicted octanol–water partition coefficient (Wildman–Crippen LogP) is -0.124. The zero-order valence-electron chi connectivity index (χ0n) is 1.99.